The van der Waals surface area contributed by atoms with Gasteiger partial charge in [0.2, 0.25) is 0 Å². The number of carboxylic acids is 1. The van der Waals surface area contributed by atoms with E-state index < -0.39 is 11.9 Å². The number of aliphatic carboxylic acids is 1. The lowest BCUT2D eigenvalue weighted by Gasteiger charge is -2.17. The zero-order valence-electron chi connectivity index (χ0n) is 11.3. The number of nitrogens with one attached hydrogen (secondary N) is 1. The van der Waals surface area contributed by atoms with Gasteiger partial charge >= 0.3 is 12.0 Å². The topological polar surface area (TPSA) is 69.6 Å². The lowest BCUT2D eigenvalue weighted by Crippen LogP contribution is -2.39. The molecule has 0 radical (unpaired) electrons. The highest BCUT2D eigenvalue weighted by molar-refractivity contribution is 5.74. The fourth-order valence-corrected chi connectivity index (χ4v) is 2.29. The number of carbonyl (C=O) groups excluding carboxylic acids is 1. The van der Waals surface area contributed by atoms with E-state index in [1.807, 2.05) is 4.90 Å². The van der Waals surface area contributed by atoms with Crippen LogP contribution in [-0.4, -0.2) is 41.6 Å². The van der Waals surface area contributed by atoms with Crippen molar-refractivity contribution in [3.63, 3.8) is 0 Å². The Labute approximate surface area is 109 Å². The number of carboxylic acid groups (broad SMARTS) is 1. The third kappa shape index (κ3) is 4.55. The van der Waals surface area contributed by atoms with E-state index in [0.29, 0.717) is 18.9 Å². The third-order valence-corrected chi connectivity index (χ3v) is 3.55. The molecule has 1 rings (SSSR count). The van der Waals surface area contributed by atoms with E-state index in [-0.39, 0.29) is 6.03 Å². The molecule has 0 saturated carbocycles. The normalized spacial score (nSPS) is 20.8. The maximum absolute atomic E-state index is 11.8. The van der Waals surface area contributed by atoms with Crippen LogP contribution in [0.5, 0.6) is 0 Å². The summed E-state index contributed by atoms with van der Waals surface area (Å²) in [6.07, 6.45) is 3.91. The van der Waals surface area contributed by atoms with Crippen LogP contribution in [0.2, 0.25) is 0 Å². The van der Waals surface area contributed by atoms with Gasteiger partial charge in [-0.1, -0.05) is 20.3 Å². The molecule has 2 atom stereocenters. The molecular weight excluding hydrogens is 232 g/mol. The molecule has 1 aliphatic heterocycles. The van der Waals surface area contributed by atoms with Gasteiger partial charge in [-0.2, -0.15) is 0 Å². The van der Waals surface area contributed by atoms with Gasteiger partial charge in [-0.15, -0.1) is 0 Å². The molecule has 0 bridgehead atoms. The van der Waals surface area contributed by atoms with Gasteiger partial charge in [-0.3, -0.25) is 4.79 Å². The second-order valence-electron chi connectivity index (χ2n) is 5.15. The first-order chi connectivity index (χ1) is 8.54. The lowest BCUT2D eigenvalue weighted by atomic mass is 10.0. The minimum Gasteiger partial charge on any atom is -0.481 e. The molecule has 2 amide bonds. The molecule has 104 valence electrons. The largest absolute Gasteiger partial charge is 0.481 e. The van der Waals surface area contributed by atoms with Gasteiger partial charge in [0.1, 0.15) is 0 Å². The van der Waals surface area contributed by atoms with Crippen LogP contribution in [0.4, 0.5) is 4.79 Å². The molecule has 0 aromatic heterocycles. The third-order valence-electron chi connectivity index (χ3n) is 3.55. The SMILES string of the molecule is CCCC1CCN(C(=O)NCCC(C)C(=O)O)C1. The highest BCUT2D eigenvalue weighted by Gasteiger charge is 2.25. The highest BCUT2D eigenvalue weighted by atomic mass is 16.4. The molecule has 0 aromatic rings. The molecule has 18 heavy (non-hydrogen) atoms. The molecule has 2 unspecified atom stereocenters. The van der Waals surface area contributed by atoms with Crippen LogP contribution < -0.4 is 5.32 Å². The van der Waals surface area contributed by atoms with E-state index in [1.54, 1.807) is 6.92 Å². The zero-order valence-corrected chi connectivity index (χ0v) is 11.3. The zero-order chi connectivity index (χ0) is 13.5. The molecule has 0 aromatic carbocycles. The van der Waals surface area contributed by atoms with Crippen molar-refractivity contribution < 1.29 is 14.7 Å². The second kappa shape index (κ2) is 7.24. The van der Waals surface area contributed by atoms with Crippen LogP contribution in [-0.2, 0) is 4.79 Å². The van der Waals surface area contributed by atoms with Crippen LogP contribution in [0.3, 0.4) is 0 Å². The summed E-state index contributed by atoms with van der Waals surface area (Å²) in [5.41, 5.74) is 0. The predicted molar refractivity (Wildman–Crippen MR) is 69.4 cm³/mol. The maximum atomic E-state index is 11.8. The fraction of sp³-hybridized carbons (Fsp3) is 0.846. The Balaban J connectivity index is 2.20. The van der Waals surface area contributed by atoms with Gasteiger partial charge in [0, 0.05) is 19.6 Å². The summed E-state index contributed by atoms with van der Waals surface area (Å²) in [5, 5.41) is 11.5. The van der Waals surface area contributed by atoms with Crippen molar-refractivity contribution in [1.29, 1.82) is 0 Å². The number of likely N-dealkylation sites (tertiary alicyclic amines) is 1. The molecule has 2 N–H and O–H groups in total. The Kier molecular flexibility index (Phi) is 5.95. The maximum Gasteiger partial charge on any atom is 0.317 e. The number of nitrogens with zero attached hydrogens (tertiary/aromatic N) is 1. The second-order valence-corrected chi connectivity index (χ2v) is 5.15. The van der Waals surface area contributed by atoms with E-state index in [1.165, 1.54) is 6.42 Å². The van der Waals surface area contributed by atoms with Crippen LogP contribution >= 0.6 is 0 Å². The lowest BCUT2D eigenvalue weighted by molar-refractivity contribution is -0.141. The first kappa shape index (κ1) is 14.8. The number of urea groups is 1. The first-order valence-electron chi connectivity index (χ1n) is 6.80. The molecule has 5 nitrogen and oxygen atoms in total. The molecule has 1 aliphatic rings. The summed E-state index contributed by atoms with van der Waals surface area (Å²) in [6, 6.07) is -0.0498. The minimum atomic E-state index is -0.812. The van der Waals surface area contributed by atoms with E-state index in [9.17, 15) is 9.59 Å². The van der Waals surface area contributed by atoms with E-state index >= 15 is 0 Å². The van der Waals surface area contributed by atoms with E-state index in [2.05, 4.69) is 12.2 Å². The van der Waals surface area contributed by atoms with Crippen molar-refractivity contribution in [3.05, 3.63) is 0 Å². The number of rotatable bonds is 6. The van der Waals surface area contributed by atoms with Crippen molar-refractivity contribution >= 4 is 12.0 Å². The standard InChI is InChI=1S/C13H24N2O3/c1-3-4-11-6-8-15(9-11)13(18)14-7-5-10(2)12(16)17/h10-11H,3-9H2,1-2H3,(H,14,18)(H,16,17). The predicted octanol–water partition coefficient (Wildman–Crippen LogP) is 1.93. The van der Waals surface area contributed by atoms with Gasteiger partial charge in [0.25, 0.3) is 0 Å². The quantitative estimate of drug-likeness (QED) is 0.763. The van der Waals surface area contributed by atoms with Gasteiger partial charge in [0.05, 0.1) is 5.92 Å². The summed E-state index contributed by atoms with van der Waals surface area (Å²) in [7, 11) is 0. The summed E-state index contributed by atoms with van der Waals surface area (Å²) >= 11 is 0. The summed E-state index contributed by atoms with van der Waals surface area (Å²) in [6.45, 7) is 5.91. The van der Waals surface area contributed by atoms with Crippen LogP contribution in [0.15, 0.2) is 0 Å². The molecular formula is C13H24N2O3. The van der Waals surface area contributed by atoms with Crippen LogP contribution in [0.25, 0.3) is 0 Å². The minimum absolute atomic E-state index is 0.0498. The Morgan fingerprint density at radius 3 is 2.83 bits per heavy atom. The average Bonchev–Trinajstić information content (AvgIpc) is 2.77. The van der Waals surface area contributed by atoms with Gasteiger partial charge < -0.3 is 15.3 Å². The van der Waals surface area contributed by atoms with Gasteiger partial charge in [-0.05, 0) is 25.2 Å². The van der Waals surface area contributed by atoms with Crippen molar-refractivity contribution in [2.45, 2.75) is 39.5 Å². The Morgan fingerprint density at radius 2 is 2.22 bits per heavy atom. The molecule has 1 fully saturated rings. The van der Waals surface area contributed by atoms with Gasteiger partial charge in [-0.25, -0.2) is 4.79 Å². The Bertz CT molecular complexity index is 294. The summed E-state index contributed by atoms with van der Waals surface area (Å²) < 4.78 is 0. The van der Waals surface area contributed by atoms with Crippen molar-refractivity contribution in [1.82, 2.24) is 10.2 Å². The first-order valence-corrected chi connectivity index (χ1v) is 6.80. The Hall–Kier alpha value is -1.26. The molecule has 0 spiro atoms. The van der Waals surface area contributed by atoms with E-state index in [4.69, 9.17) is 5.11 Å². The van der Waals surface area contributed by atoms with Crippen molar-refractivity contribution in [2.24, 2.45) is 11.8 Å². The number of amides is 2. The van der Waals surface area contributed by atoms with Crippen molar-refractivity contribution in [3.8, 4) is 0 Å². The number of hydrogen-bond donors (Lipinski definition) is 2. The van der Waals surface area contributed by atoms with Crippen LogP contribution in [0.1, 0.15) is 39.5 Å². The smallest absolute Gasteiger partial charge is 0.317 e. The summed E-state index contributed by atoms with van der Waals surface area (Å²) in [4.78, 5) is 24.3. The number of hydrogen-bond acceptors (Lipinski definition) is 2. The highest BCUT2D eigenvalue weighted by Crippen LogP contribution is 2.20. The fourth-order valence-electron chi connectivity index (χ4n) is 2.29. The van der Waals surface area contributed by atoms with Crippen molar-refractivity contribution in [2.75, 3.05) is 19.6 Å². The molecule has 1 heterocycles. The summed E-state index contributed by atoms with van der Waals surface area (Å²) in [5.74, 6) is -0.580. The average molecular weight is 256 g/mol. The van der Waals surface area contributed by atoms with Gasteiger partial charge in [0.15, 0.2) is 0 Å². The molecule has 5 heteroatoms. The molecule has 1 saturated heterocycles. The number of carbonyl (C=O) groups is 2. The Morgan fingerprint density at radius 1 is 1.50 bits per heavy atom. The monoisotopic (exact) mass is 256 g/mol. The van der Waals surface area contributed by atoms with Crippen LogP contribution in [0, 0.1) is 11.8 Å². The molecule has 0 aliphatic carbocycles. The van der Waals surface area contributed by atoms with E-state index in [0.717, 1.165) is 25.9 Å².